The first-order valence-electron chi connectivity index (χ1n) is 5.87. The van der Waals surface area contributed by atoms with Crippen LogP contribution in [0.5, 0.6) is 0 Å². The van der Waals surface area contributed by atoms with E-state index in [1.807, 2.05) is 20.8 Å². The van der Waals surface area contributed by atoms with Gasteiger partial charge in [0.2, 0.25) is 0 Å². The minimum Gasteiger partial charge on any atom is -0.469 e. The zero-order valence-corrected chi connectivity index (χ0v) is 10.9. The molecule has 17 heavy (non-hydrogen) atoms. The number of nitrogens with one attached hydrogen (secondary N) is 1. The summed E-state index contributed by atoms with van der Waals surface area (Å²) < 4.78 is 9.88. The second kappa shape index (κ2) is 5.49. The molecule has 1 saturated heterocycles. The SMILES string of the molecule is COC(=O)C[C@@H]1CC[C@@H](C(=O)OC(C)(C)C)N1. The van der Waals surface area contributed by atoms with Crippen LogP contribution in [-0.2, 0) is 19.1 Å². The molecule has 0 aromatic heterocycles. The van der Waals surface area contributed by atoms with E-state index in [9.17, 15) is 9.59 Å². The van der Waals surface area contributed by atoms with Crippen LogP contribution in [0.1, 0.15) is 40.0 Å². The lowest BCUT2D eigenvalue weighted by molar-refractivity contribution is -0.157. The van der Waals surface area contributed by atoms with Gasteiger partial charge in [0.25, 0.3) is 0 Å². The first-order chi connectivity index (χ1) is 7.81. The van der Waals surface area contributed by atoms with Crippen LogP contribution in [0, 0.1) is 0 Å². The lowest BCUT2D eigenvalue weighted by Crippen LogP contribution is -2.40. The molecule has 0 bridgehead atoms. The zero-order valence-electron chi connectivity index (χ0n) is 10.9. The second-order valence-electron chi connectivity index (χ2n) is 5.31. The molecule has 0 saturated carbocycles. The van der Waals surface area contributed by atoms with Gasteiger partial charge in [0.1, 0.15) is 11.6 Å². The maximum Gasteiger partial charge on any atom is 0.323 e. The van der Waals surface area contributed by atoms with Crippen LogP contribution in [0.3, 0.4) is 0 Å². The Balaban J connectivity index is 2.39. The fraction of sp³-hybridized carbons (Fsp3) is 0.833. The van der Waals surface area contributed by atoms with Gasteiger partial charge in [-0.25, -0.2) is 0 Å². The van der Waals surface area contributed by atoms with E-state index in [-0.39, 0.29) is 24.0 Å². The Bertz CT molecular complexity index is 295. The minimum atomic E-state index is -0.473. The summed E-state index contributed by atoms with van der Waals surface area (Å²) >= 11 is 0. The van der Waals surface area contributed by atoms with Gasteiger partial charge in [-0.2, -0.15) is 0 Å². The maximum atomic E-state index is 11.8. The molecule has 1 heterocycles. The van der Waals surface area contributed by atoms with Gasteiger partial charge in [0.05, 0.1) is 13.5 Å². The van der Waals surface area contributed by atoms with Crippen molar-refractivity contribution in [2.75, 3.05) is 7.11 Å². The molecule has 0 unspecified atom stereocenters. The Hall–Kier alpha value is -1.10. The summed E-state index contributed by atoms with van der Waals surface area (Å²) in [7, 11) is 1.36. The third-order valence-electron chi connectivity index (χ3n) is 2.57. The molecular formula is C12H21NO4. The highest BCUT2D eigenvalue weighted by atomic mass is 16.6. The number of carbonyl (C=O) groups excluding carboxylic acids is 2. The van der Waals surface area contributed by atoms with E-state index in [0.717, 1.165) is 6.42 Å². The monoisotopic (exact) mass is 243 g/mol. The van der Waals surface area contributed by atoms with Crippen molar-refractivity contribution in [1.29, 1.82) is 0 Å². The fourth-order valence-corrected chi connectivity index (χ4v) is 1.82. The number of esters is 2. The minimum absolute atomic E-state index is 0.0139. The van der Waals surface area contributed by atoms with Crippen molar-refractivity contribution in [3.05, 3.63) is 0 Å². The second-order valence-corrected chi connectivity index (χ2v) is 5.31. The standard InChI is InChI=1S/C12H21NO4/c1-12(2,3)17-11(15)9-6-5-8(13-9)7-10(14)16-4/h8-9,13H,5-7H2,1-4H3/t8-,9-/m0/s1. The van der Waals surface area contributed by atoms with Crippen molar-refractivity contribution < 1.29 is 19.1 Å². The van der Waals surface area contributed by atoms with E-state index >= 15 is 0 Å². The molecular weight excluding hydrogens is 222 g/mol. The normalized spacial score (nSPS) is 24.5. The molecule has 1 rings (SSSR count). The fourth-order valence-electron chi connectivity index (χ4n) is 1.82. The third kappa shape index (κ3) is 4.73. The third-order valence-corrected chi connectivity index (χ3v) is 2.57. The molecule has 1 aliphatic heterocycles. The van der Waals surface area contributed by atoms with Gasteiger partial charge < -0.3 is 14.8 Å². The molecule has 5 heteroatoms. The van der Waals surface area contributed by atoms with Gasteiger partial charge in [-0.05, 0) is 33.6 Å². The van der Waals surface area contributed by atoms with Gasteiger partial charge in [-0.15, -0.1) is 0 Å². The summed E-state index contributed by atoms with van der Waals surface area (Å²) in [4.78, 5) is 22.9. The van der Waals surface area contributed by atoms with Gasteiger partial charge in [-0.1, -0.05) is 0 Å². The number of rotatable bonds is 3. The van der Waals surface area contributed by atoms with Crippen LogP contribution >= 0.6 is 0 Å². The summed E-state index contributed by atoms with van der Waals surface area (Å²) in [6.45, 7) is 5.52. The van der Waals surface area contributed by atoms with Gasteiger partial charge in [0, 0.05) is 6.04 Å². The molecule has 0 aromatic carbocycles. The number of hydrogen-bond donors (Lipinski definition) is 1. The topological polar surface area (TPSA) is 64.6 Å². The average Bonchev–Trinajstić information content (AvgIpc) is 2.63. The van der Waals surface area contributed by atoms with Gasteiger partial charge >= 0.3 is 11.9 Å². The predicted octanol–water partition coefficient (Wildman–Crippen LogP) is 1.01. The summed E-state index contributed by atoms with van der Waals surface area (Å²) in [6, 6.07) is -0.288. The van der Waals surface area contributed by atoms with Crippen molar-refractivity contribution in [2.24, 2.45) is 0 Å². The lowest BCUT2D eigenvalue weighted by Gasteiger charge is -2.22. The molecule has 1 N–H and O–H groups in total. The molecule has 0 amide bonds. The van der Waals surface area contributed by atoms with Crippen LogP contribution in [0.15, 0.2) is 0 Å². The summed E-state index contributed by atoms with van der Waals surface area (Å²) in [5.41, 5.74) is -0.473. The highest BCUT2D eigenvalue weighted by Crippen LogP contribution is 2.18. The first-order valence-corrected chi connectivity index (χ1v) is 5.87. The highest BCUT2D eigenvalue weighted by Gasteiger charge is 2.33. The van der Waals surface area contributed by atoms with Gasteiger partial charge in [-0.3, -0.25) is 9.59 Å². The van der Waals surface area contributed by atoms with E-state index in [4.69, 9.17) is 4.74 Å². The molecule has 98 valence electrons. The maximum absolute atomic E-state index is 11.8. The molecule has 0 radical (unpaired) electrons. The van der Waals surface area contributed by atoms with E-state index in [1.165, 1.54) is 7.11 Å². The summed E-state index contributed by atoms with van der Waals surface area (Å²) in [6.07, 6.45) is 1.80. The lowest BCUT2D eigenvalue weighted by atomic mass is 10.1. The van der Waals surface area contributed by atoms with Crippen LogP contribution in [-0.4, -0.2) is 36.7 Å². The first kappa shape index (κ1) is 14.0. The zero-order chi connectivity index (χ0) is 13.1. The Morgan fingerprint density at radius 3 is 2.47 bits per heavy atom. The summed E-state index contributed by atoms with van der Waals surface area (Å²) in [5, 5.41) is 3.10. The number of carbonyl (C=O) groups is 2. The van der Waals surface area contributed by atoms with Gasteiger partial charge in [0.15, 0.2) is 0 Å². The predicted molar refractivity (Wildman–Crippen MR) is 62.4 cm³/mol. The molecule has 2 atom stereocenters. The number of hydrogen-bond acceptors (Lipinski definition) is 5. The van der Waals surface area contributed by atoms with Crippen molar-refractivity contribution in [3.63, 3.8) is 0 Å². The van der Waals surface area contributed by atoms with E-state index in [0.29, 0.717) is 12.8 Å². The summed E-state index contributed by atoms with van der Waals surface area (Å²) in [5.74, 6) is -0.503. The van der Waals surface area contributed by atoms with Crippen molar-refractivity contribution in [2.45, 2.75) is 57.7 Å². The van der Waals surface area contributed by atoms with Crippen molar-refractivity contribution >= 4 is 11.9 Å². The molecule has 1 fully saturated rings. The molecule has 0 aliphatic carbocycles. The van der Waals surface area contributed by atoms with Crippen LogP contribution < -0.4 is 5.32 Å². The van der Waals surface area contributed by atoms with E-state index < -0.39 is 5.60 Å². The van der Waals surface area contributed by atoms with Crippen molar-refractivity contribution in [1.82, 2.24) is 5.32 Å². The molecule has 0 aromatic rings. The largest absolute Gasteiger partial charge is 0.469 e. The van der Waals surface area contributed by atoms with E-state index in [2.05, 4.69) is 10.1 Å². The van der Waals surface area contributed by atoms with E-state index in [1.54, 1.807) is 0 Å². The Kier molecular flexibility index (Phi) is 4.51. The Labute approximate surface area is 102 Å². The Morgan fingerprint density at radius 1 is 1.29 bits per heavy atom. The number of methoxy groups -OCH3 is 1. The highest BCUT2D eigenvalue weighted by molar-refractivity contribution is 5.77. The van der Waals surface area contributed by atoms with Crippen LogP contribution in [0.25, 0.3) is 0 Å². The molecule has 1 aliphatic rings. The smallest absolute Gasteiger partial charge is 0.323 e. The quantitative estimate of drug-likeness (QED) is 0.749. The average molecular weight is 243 g/mol. The molecule has 5 nitrogen and oxygen atoms in total. The Morgan fingerprint density at radius 2 is 1.94 bits per heavy atom. The molecule has 0 spiro atoms. The number of ether oxygens (including phenoxy) is 2. The van der Waals surface area contributed by atoms with Crippen LogP contribution in [0.2, 0.25) is 0 Å². The van der Waals surface area contributed by atoms with Crippen molar-refractivity contribution in [3.8, 4) is 0 Å². The van der Waals surface area contributed by atoms with Crippen LogP contribution in [0.4, 0.5) is 0 Å².